The Kier molecular flexibility index (Phi) is 6.35. The summed E-state index contributed by atoms with van der Waals surface area (Å²) in [7, 11) is -0.470. The summed E-state index contributed by atoms with van der Waals surface area (Å²) in [6, 6.07) is 10.7. The Bertz CT molecular complexity index is 673. The van der Waals surface area contributed by atoms with Gasteiger partial charge in [0.2, 0.25) is 10.0 Å². The molecule has 126 valence electrons. The Morgan fingerprint density at radius 1 is 0.957 bits per heavy atom. The maximum absolute atomic E-state index is 12.7. The lowest BCUT2D eigenvalue weighted by Crippen LogP contribution is -2.36. The number of hydrogen-bond donors (Lipinski definition) is 0. The molecule has 0 aliphatic heterocycles. The largest absolute Gasteiger partial charge is 0.383 e. The maximum atomic E-state index is 12.7. The van der Waals surface area contributed by atoms with Crippen LogP contribution in [-0.2, 0) is 19.5 Å². The van der Waals surface area contributed by atoms with Crippen LogP contribution in [0.4, 0.5) is 0 Å². The highest BCUT2D eigenvalue weighted by molar-refractivity contribution is 7.89. The topological polar surface area (TPSA) is 60.8 Å². The van der Waals surface area contributed by atoms with E-state index < -0.39 is 10.0 Å². The SMILES string of the molecule is COCCN(CCOC)S(=O)(=O)c1ccc(-n2cccc2)cc1. The average Bonchev–Trinajstić information content (AvgIpc) is 3.09. The van der Waals surface area contributed by atoms with Crippen LogP contribution in [0.5, 0.6) is 0 Å². The minimum absolute atomic E-state index is 0.264. The molecule has 1 aromatic heterocycles. The lowest BCUT2D eigenvalue weighted by Gasteiger charge is -2.21. The van der Waals surface area contributed by atoms with Crippen LogP contribution < -0.4 is 0 Å². The van der Waals surface area contributed by atoms with Crippen molar-refractivity contribution in [2.75, 3.05) is 40.5 Å². The molecule has 0 aliphatic rings. The Labute approximate surface area is 137 Å². The minimum atomic E-state index is -3.57. The highest BCUT2D eigenvalue weighted by Crippen LogP contribution is 2.18. The van der Waals surface area contributed by atoms with Crippen molar-refractivity contribution in [2.45, 2.75) is 4.90 Å². The second-order valence-corrected chi connectivity index (χ2v) is 6.91. The van der Waals surface area contributed by atoms with Crippen molar-refractivity contribution >= 4 is 10.0 Å². The van der Waals surface area contributed by atoms with Crippen LogP contribution in [0.2, 0.25) is 0 Å². The van der Waals surface area contributed by atoms with E-state index in [9.17, 15) is 8.42 Å². The molecule has 1 aromatic carbocycles. The molecule has 0 atom stereocenters. The smallest absolute Gasteiger partial charge is 0.243 e. The van der Waals surface area contributed by atoms with Crippen molar-refractivity contribution in [3.05, 3.63) is 48.8 Å². The Morgan fingerprint density at radius 2 is 1.48 bits per heavy atom. The Balaban J connectivity index is 2.21. The molecular formula is C16H22N2O4S. The van der Waals surface area contributed by atoms with Gasteiger partial charge in [0.15, 0.2) is 0 Å². The summed E-state index contributed by atoms with van der Waals surface area (Å²) in [5.74, 6) is 0. The Hall–Kier alpha value is -1.67. The van der Waals surface area contributed by atoms with E-state index in [-0.39, 0.29) is 4.90 Å². The van der Waals surface area contributed by atoms with Crippen LogP contribution in [0.3, 0.4) is 0 Å². The van der Waals surface area contributed by atoms with Gasteiger partial charge in [0.05, 0.1) is 18.1 Å². The molecule has 0 aliphatic carbocycles. The molecule has 0 amide bonds. The number of hydrogen-bond acceptors (Lipinski definition) is 4. The number of ether oxygens (including phenoxy) is 2. The van der Waals surface area contributed by atoms with Gasteiger partial charge in [-0.1, -0.05) is 0 Å². The normalized spacial score (nSPS) is 12.0. The zero-order valence-electron chi connectivity index (χ0n) is 13.4. The molecule has 0 spiro atoms. The van der Waals surface area contributed by atoms with Crippen LogP contribution in [0.25, 0.3) is 5.69 Å². The summed E-state index contributed by atoms with van der Waals surface area (Å²) in [5, 5.41) is 0. The number of nitrogens with zero attached hydrogens (tertiary/aromatic N) is 2. The van der Waals surface area contributed by atoms with E-state index in [2.05, 4.69) is 0 Å². The van der Waals surface area contributed by atoms with Gasteiger partial charge >= 0.3 is 0 Å². The quantitative estimate of drug-likeness (QED) is 0.699. The van der Waals surface area contributed by atoms with Crippen molar-refractivity contribution in [1.82, 2.24) is 8.87 Å². The second kappa shape index (κ2) is 8.26. The van der Waals surface area contributed by atoms with Crippen LogP contribution >= 0.6 is 0 Å². The summed E-state index contributed by atoms with van der Waals surface area (Å²) in [6.07, 6.45) is 3.82. The van der Waals surface area contributed by atoms with Gasteiger partial charge in [0.25, 0.3) is 0 Å². The highest BCUT2D eigenvalue weighted by atomic mass is 32.2. The van der Waals surface area contributed by atoms with E-state index >= 15 is 0 Å². The number of benzene rings is 1. The number of rotatable bonds is 9. The number of sulfonamides is 1. The first-order valence-corrected chi connectivity index (χ1v) is 8.75. The summed E-state index contributed by atoms with van der Waals surface area (Å²) in [5.41, 5.74) is 0.911. The summed E-state index contributed by atoms with van der Waals surface area (Å²) < 4.78 is 38.8. The zero-order valence-corrected chi connectivity index (χ0v) is 14.2. The molecule has 0 fully saturated rings. The fraction of sp³-hybridized carbons (Fsp3) is 0.375. The van der Waals surface area contributed by atoms with Crippen LogP contribution in [0.15, 0.2) is 53.7 Å². The van der Waals surface area contributed by atoms with Gasteiger partial charge in [0, 0.05) is 45.4 Å². The molecular weight excluding hydrogens is 316 g/mol. The number of methoxy groups -OCH3 is 2. The van der Waals surface area contributed by atoms with Crippen LogP contribution in [0.1, 0.15) is 0 Å². The molecule has 0 saturated heterocycles. The van der Waals surface area contributed by atoms with Crippen LogP contribution in [-0.4, -0.2) is 57.8 Å². The Morgan fingerprint density at radius 3 is 1.96 bits per heavy atom. The molecule has 0 saturated carbocycles. The van der Waals surface area contributed by atoms with Gasteiger partial charge in [-0.25, -0.2) is 8.42 Å². The van der Waals surface area contributed by atoms with Gasteiger partial charge in [-0.05, 0) is 36.4 Å². The summed E-state index contributed by atoms with van der Waals surface area (Å²) in [6.45, 7) is 1.26. The molecule has 0 bridgehead atoms. The predicted octanol–water partition coefficient (Wildman–Crippen LogP) is 1.76. The lowest BCUT2D eigenvalue weighted by molar-refractivity contribution is 0.150. The molecule has 1 heterocycles. The maximum Gasteiger partial charge on any atom is 0.243 e. The van der Waals surface area contributed by atoms with Crippen molar-refractivity contribution < 1.29 is 17.9 Å². The lowest BCUT2D eigenvalue weighted by atomic mass is 10.3. The second-order valence-electron chi connectivity index (χ2n) is 4.97. The third-order valence-electron chi connectivity index (χ3n) is 3.47. The van der Waals surface area contributed by atoms with Gasteiger partial charge in [0.1, 0.15) is 0 Å². The molecule has 0 radical (unpaired) electrons. The fourth-order valence-electron chi connectivity index (χ4n) is 2.18. The first-order chi connectivity index (χ1) is 11.1. The molecule has 7 heteroatoms. The van der Waals surface area contributed by atoms with Crippen LogP contribution in [0, 0.1) is 0 Å². The van der Waals surface area contributed by atoms with E-state index in [1.54, 1.807) is 38.5 Å². The molecule has 6 nitrogen and oxygen atoms in total. The van der Waals surface area contributed by atoms with Gasteiger partial charge in [-0.15, -0.1) is 0 Å². The van der Waals surface area contributed by atoms with Gasteiger partial charge < -0.3 is 14.0 Å². The van der Waals surface area contributed by atoms with E-state index in [1.807, 2.05) is 29.1 Å². The van der Waals surface area contributed by atoms with E-state index in [0.29, 0.717) is 26.3 Å². The van der Waals surface area contributed by atoms with Crippen molar-refractivity contribution in [3.63, 3.8) is 0 Å². The summed E-state index contributed by atoms with van der Waals surface area (Å²) in [4.78, 5) is 0.264. The van der Waals surface area contributed by atoms with Gasteiger partial charge in [-0.3, -0.25) is 0 Å². The molecule has 2 aromatic rings. The highest BCUT2D eigenvalue weighted by Gasteiger charge is 2.23. The third kappa shape index (κ3) is 4.42. The minimum Gasteiger partial charge on any atom is -0.383 e. The van der Waals surface area contributed by atoms with E-state index in [4.69, 9.17) is 9.47 Å². The predicted molar refractivity (Wildman–Crippen MR) is 88.3 cm³/mol. The molecule has 0 N–H and O–H groups in total. The first kappa shape index (κ1) is 17.7. The average molecular weight is 338 g/mol. The summed E-state index contributed by atoms with van der Waals surface area (Å²) >= 11 is 0. The number of aromatic nitrogens is 1. The van der Waals surface area contributed by atoms with E-state index in [0.717, 1.165) is 5.69 Å². The third-order valence-corrected chi connectivity index (χ3v) is 5.38. The van der Waals surface area contributed by atoms with Crippen molar-refractivity contribution in [1.29, 1.82) is 0 Å². The standard InChI is InChI=1S/C16H22N2O4S/c1-21-13-11-18(12-14-22-2)23(19,20)16-7-5-15(6-8-16)17-9-3-4-10-17/h3-10H,11-14H2,1-2H3. The van der Waals surface area contributed by atoms with Crippen molar-refractivity contribution in [3.8, 4) is 5.69 Å². The van der Waals surface area contributed by atoms with E-state index in [1.165, 1.54) is 4.31 Å². The molecule has 0 unspecified atom stereocenters. The first-order valence-electron chi connectivity index (χ1n) is 7.31. The monoisotopic (exact) mass is 338 g/mol. The van der Waals surface area contributed by atoms with Gasteiger partial charge in [-0.2, -0.15) is 4.31 Å². The van der Waals surface area contributed by atoms with Crippen molar-refractivity contribution in [2.24, 2.45) is 0 Å². The molecule has 23 heavy (non-hydrogen) atoms. The fourth-order valence-corrected chi connectivity index (χ4v) is 3.59. The zero-order chi connectivity index (χ0) is 16.7. The molecule has 2 rings (SSSR count).